The van der Waals surface area contributed by atoms with Gasteiger partial charge in [-0.2, -0.15) is 54.7 Å². The molecule has 1 fully saturated rings. The fourth-order valence-electron chi connectivity index (χ4n) is 10.8. The molecule has 1 saturated heterocycles. The van der Waals surface area contributed by atoms with Crippen LogP contribution >= 0.6 is 8.53 Å². The second-order valence-electron chi connectivity index (χ2n) is 22.7. The number of carbonyl (C=O) groups excluding carboxylic acids is 3. The topological polar surface area (TPSA) is 260 Å². The van der Waals surface area contributed by atoms with Crippen LogP contribution in [0.3, 0.4) is 0 Å². The predicted molar refractivity (Wildman–Crippen MR) is 336 cm³/mol. The van der Waals surface area contributed by atoms with Crippen LogP contribution in [0.4, 0.5) is 51.1 Å². The summed E-state index contributed by atoms with van der Waals surface area (Å²) in [5.74, 6) is -5.98. The second kappa shape index (κ2) is 34.6. The molecule has 3 heterocycles. The number of aromatic nitrogens is 4. The number of non-ortho nitro benzene ring substituents is 1. The van der Waals surface area contributed by atoms with Crippen LogP contribution in [0, 0.1) is 21.4 Å². The molecule has 6 aromatic rings. The minimum absolute atomic E-state index is 0.0502. The summed E-state index contributed by atoms with van der Waals surface area (Å²) in [7, 11) is 1.22. The molecule has 0 saturated carbocycles. The number of nitrogens with zero attached hydrogens (tertiary/aromatic N) is 9. The summed E-state index contributed by atoms with van der Waals surface area (Å²) in [5.41, 5.74) is 1.69. The lowest BCUT2D eigenvalue weighted by atomic mass is 9.80. The van der Waals surface area contributed by atoms with Gasteiger partial charge in [0.25, 0.3) is 14.2 Å². The number of ether oxygens (including phenoxy) is 5. The van der Waals surface area contributed by atoms with Gasteiger partial charge in [0.05, 0.1) is 63.9 Å². The number of rotatable bonds is 36. The Morgan fingerprint density at radius 2 is 1.29 bits per heavy atom. The molecular weight excluding hydrogens is 1320 g/mol. The Labute approximate surface area is 554 Å². The molecule has 3 amide bonds. The van der Waals surface area contributed by atoms with E-state index in [0.29, 0.717) is 22.0 Å². The van der Waals surface area contributed by atoms with Gasteiger partial charge in [0.15, 0.2) is 11.2 Å². The maximum Gasteiger partial charge on any atom is 0.471 e. The van der Waals surface area contributed by atoms with Crippen LogP contribution < -0.4 is 24.8 Å². The fourth-order valence-corrected chi connectivity index (χ4v) is 12.5. The number of alkyl halides is 9. The van der Waals surface area contributed by atoms with Crippen LogP contribution in [0.2, 0.25) is 0 Å². The molecule has 2 aromatic heterocycles. The molecule has 33 heteroatoms. The van der Waals surface area contributed by atoms with Gasteiger partial charge in [0, 0.05) is 76.3 Å². The van der Waals surface area contributed by atoms with E-state index in [4.69, 9.17) is 37.7 Å². The maximum atomic E-state index is 14.1. The van der Waals surface area contributed by atoms with Crippen LogP contribution in [0.5, 0.6) is 17.4 Å². The summed E-state index contributed by atoms with van der Waals surface area (Å²) in [4.78, 5) is 61.8. The molecule has 0 radical (unpaired) electrons. The van der Waals surface area contributed by atoms with E-state index in [-0.39, 0.29) is 111 Å². The van der Waals surface area contributed by atoms with Crippen molar-refractivity contribution in [3.8, 4) is 23.4 Å². The molecule has 0 bridgehead atoms. The number of amides is 3. The third-order valence-corrected chi connectivity index (χ3v) is 17.5. The van der Waals surface area contributed by atoms with E-state index >= 15 is 0 Å². The van der Waals surface area contributed by atoms with Gasteiger partial charge >= 0.3 is 36.3 Å². The first-order chi connectivity index (χ1) is 46.1. The third-order valence-electron chi connectivity index (χ3n) is 15.4. The monoisotopic (exact) mass is 1390 g/mol. The largest absolute Gasteiger partial charge is 0.497 e. The number of fused-ring (bicyclic) bond motifs is 1. The van der Waals surface area contributed by atoms with Crippen LogP contribution in [0.25, 0.3) is 11.2 Å². The Hall–Kier alpha value is -8.47. The van der Waals surface area contributed by atoms with Crippen molar-refractivity contribution in [1.29, 1.82) is 5.26 Å². The number of nitro benzene ring substituents is 1. The summed E-state index contributed by atoms with van der Waals surface area (Å²) in [5, 5.41) is 25.5. The van der Waals surface area contributed by atoms with Gasteiger partial charge in [0.2, 0.25) is 11.8 Å². The number of methoxy groups -OCH3 is 2. The number of halogens is 9. The Balaban J connectivity index is 1.20. The van der Waals surface area contributed by atoms with Crippen molar-refractivity contribution in [2.24, 2.45) is 0 Å². The van der Waals surface area contributed by atoms with Crippen LogP contribution in [-0.2, 0) is 44.9 Å². The highest BCUT2D eigenvalue weighted by Crippen LogP contribution is 2.51. The number of carbonyl (C=O) groups is 3. The second-order valence-corrected chi connectivity index (χ2v) is 24.2. The van der Waals surface area contributed by atoms with E-state index in [1.807, 2.05) is 107 Å². The van der Waals surface area contributed by atoms with Crippen molar-refractivity contribution >= 4 is 49.0 Å². The lowest BCUT2D eigenvalue weighted by molar-refractivity contribution is -0.384. The molecule has 1 aliphatic rings. The SMILES string of the molecule is COc1ccc(C(OC[C@H]2O[C@@H](n3cnc4c(OCCc5ccc([N+](=O)[O-])cc5)nc(NCCCN(CCCCN(CCCNC(=O)C(F)(F)F)C(=O)C(F)(F)F)C(=O)C(F)(F)F)nc43)C[C@@H]2OP(OCCC#N)N(C(C)C)C(C)C)(c2ccccc2)c2ccc(OC)cc2)cc1. The molecule has 0 aliphatic carbocycles. The summed E-state index contributed by atoms with van der Waals surface area (Å²) in [6, 6.07) is 32.2. The lowest BCUT2D eigenvalue weighted by Gasteiger charge is -2.39. The number of hydrogen-bond donors (Lipinski definition) is 2. The molecule has 0 spiro atoms. The number of imidazole rings is 1. The maximum absolute atomic E-state index is 14.1. The van der Waals surface area contributed by atoms with E-state index in [9.17, 15) is 69.3 Å². The zero-order chi connectivity index (χ0) is 70.7. The molecule has 4 aromatic carbocycles. The van der Waals surface area contributed by atoms with Gasteiger partial charge in [-0.05, 0) is 99.9 Å². The van der Waals surface area contributed by atoms with Crippen molar-refractivity contribution in [3.05, 3.63) is 142 Å². The van der Waals surface area contributed by atoms with Crippen molar-refractivity contribution < 1.29 is 91.6 Å². The first kappa shape index (κ1) is 75.9. The zero-order valence-corrected chi connectivity index (χ0v) is 54.8. The number of nitriles is 1. The smallest absolute Gasteiger partial charge is 0.471 e. The van der Waals surface area contributed by atoms with Crippen molar-refractivity contribution in [1.82, 2.24) is 39.3 Å². The molecule has 1 unspecified atom stereocenters. The lowest BCUT2D eigenvalue weighted by Crippen LogP contribution is -2.44. The molecule has 97 heavy (non-hydrogen) atoms. The van der Waals surface area contributed by atoms with E-state index in [0.717, 1.165) is 16.7 Å². The van der Waals surface area contributed by atoms with Gasteiger partial charge in [-0.1, -0.05) is 66.7 Å². The van der Waals surface area contributed by atoms with Crippen LogP contribution in [0.15, 0.2) is 109 Å². The molecule has 2 N–H and O–H groups in total. The van der Waals surface area contributed by atoms with E-state index < -0.39 is 113 Å². The Morgan fingerprint density at radius 1 is 0.742 bits per heavy atom. The minimum atomic E-state index is -5.42. The number of unbranched alkanes of at least 4 members (excludes halogenated alkanes) is 1. The fraction of sp³-hybridized carbons (Fsp3) is 0.484. The molecule has 4 atom stereocenters. The standard InChI is InChI=1S/C64H75F9N11O12P/c1-42(2)83(43(3)4)97(94-37-12-30-74)96-51-39-53(95-52(51)40-93-61(45-15-8-7-9-16-45,46-19-25-49(90-5)26-20-46)47-21-27-50(91-6)28-22-47)82-41-77-54-55(82)78-60(79-56(54)92-38-29-44-17-23-48(24-18-44)84(88)89)76-32-14-36-81(59(87)64(71,72)73)34-11-10-33-80(58(86)63(68,69)70)35-13-31-75-57(85)62(65,66)67/h7-9,15-28,41-43,51-53H,10-14,29,31-40H2,1-6H3,(H,75,85)(H,76,78,79)/t51-,52+,53+,97?/m0/s1. The van der Waals surface area contributed by atoms with Gasteiger partial charge in [-0.3, -0.25) is 29.1 Å². The number of anilines is 1. The van der Waals surface area contributed by atoms with Gasteiger partial charge < -0.3 is 53.2 Å². The van der Waals surface area contributed by atoms with E-state index in [2.05, 4.69) is 26.0 Å². The molecule has 7 rings (SSSR count). The number of nitro groups is 1. The molecular formula is C64H75F9N11O12P. The van der Waals surface area contributed by atoms with Crippen LogP contribution in [0.1, 0.15) is 94.7 Å². The normalized spacial score (nSPS) is 15.5. The summed E-state index contributed by atoms with van der Waals surface area (Å²) >= 11 is 0. The first-order valence-corrected chi connectivity index (χ1v) is 32.0. The Kier molecular flexibility index (Phi) is 27.1. The van der Waals surface area contributed by atoms with Crippen LogP contribution in [-0.4, -0.2) is 173 Å². The predicted octanol–water partition coefficient (Wildman–Crippen LogP) is 11.8. The Morgan fingerprint density at radius 3 is 1.80 bits per heavy atom. The van der Waals surface area contributed by atoms with Crippen molar-refractivity contribution in [2.75, 3.05) is 78.6 Å². The average molecular weight is 1390 g/mol. The quantitative estimate of drug-likeness (QED) is 0.00925. The van der Waals surface area contributed by atoms with E-state index in [1.165, 1.54) is 23.8 Å². The number of hydrogen-bond acceptors (Lipinski definition) is 18. The summed E-state index contributed by atoms with van der Waals surface area (Å²) < 4.78 is 170. The van der Waals surface area contributed by atoms with Crippen molar-refractivity contribution in [2.45, 2.75) is 127 Å². The highest BCUT2D eigenvalue weighted by Gasteiger charge is 2.47. The molecule has 1 aliphatic heterocycles. The molecule has 23 nitrogen and oxygen atoms in total. The number of nitrogens with one attached hydrogen (secondary N) is 2. The van der Waals surface area contributed by atoms with Gasteiger partial charge in [-0.15, -0.1) is 0 Å². The molecule has 526 valence electrons. The highest BCUT2D eigenvalue weighted by atomic mass is 31.2. The summed E-state index contributed by atoms with van der Waals surface area (Å²) in [6.07, 6.45) is -18.3. The Bertz CT molecular complexity index is 3510. The first-order valence-electron chi connectivity index (χ1n) is 30.9. The zero-order valence-electron chi connectivity index (χ0n) is 53.9. The third kappa shape index (κ3) is 20.5. The van der Waals surface area contributed by atoms with Gasteiger partial charge in [-0.25, -0.2) is 9.65 Å². The highest BCUT2D eigenvalue weighted by molar-refractivity contribution is 7.44. The average Bonchev–Trinajstić information content (AvgIpc) is 1.49. The van der Waals surface area contributed by atoms with Gasteiger partial charge in [0.1, 0.15) is 29.4 Å². The van der Waals surface area contributed by atoms with Crippen molar-refractivity contribution in [3.63, 3.8) is 0 Å². The minimum Gasteiger partial charge on any atom is -0.497 e. The summed E-state index contributed by atoms with van der Waals surface area (Å²) in [6.45, 7) is 4.23. The van der Waals surface area contributed by atoms with E-state index in [1.54, 1.807) is 30.9 Å². The number of benzene rings is 4.